The highest BCUT2D eigenvalue weighted by atomic mass is 16.5. The highest BCUT2D eigenvalue weighted by Gasteiger charge is 2.12. The zero-order valence-electron chi connectivity index (χ0n) is 14.7. The average molecular weight is 341 g/mol. The standard InChI is InChI=1S/C19H23N3O3/c1-13(2)21-19(24)17-6-4-5-16(22-17)18(23)20-12-11-14-7-9-15(25-3)10-8-14/h4-10,13H,11-12H2,1-3H3,(H,20,23)(H,21,24). The van der Waals surface area contributed by atoms with Crippen molar-refractivity contribution < 1.29 is 14.3 Å². The molecular weight excluding hydrogens is 318 g/mol. The van der Waals surface area contributed by atoms with E-state index in [1.165, 1.54) is 0 Å². The Morgan fingerprint density at radius 3 is 2.28 bits per heavy atom. The number of nitrogens with one attached hydrogen (secondary N) is 2. The maximum atomic E-state index is 12.2. The zero-order chi connectivity index (χ0) is 18.2. The van der Waals surface area contributed by atoms with Crippen LogP contribution in [-0.2, 0) is 6.42 Å². The maximum Gasteiger partial charge on any atom is 0.270 e. The summed E-state index contributed by atoms with van der Waals surface area (Å²) in [6.07, 6.45) is 0.698. The predicted molar refractivity (Wildman–Crippen MR) is 95.9 cm³/mol. The summed E-state index contributed by atoms with van der Waals surface area (Å²) >= 11 is 0. The van der Waals surface area contributed by atoms with Gasteiger partial charge >= 0.3 is 0 Å². The van der Waals surface area contributed by atoms with E-state index in [0.29, 0.717) is 13.0 Å². The van der Waals surface area contributed by atoms with Crippen molar-refractivity contribution in [3.8, 4) is 5.75 Å². The third kappa shape index (κ3) is 5.60. The number of pyridine rings is 1. The first-order valence-electron chi connectivity index (χ1n) is 8.18. The van der Waals surface area contributed by atoms with Gasteiger partial charge in [0.2, 0.25) is 0 Å². The van der Waals surface area contributed by atoms with Crippen LogP contribution in [-0.4, -0.2) is 36.5 Å². The molecule has 2 aromatic rings. The summed E-state index contributed by atoms with van der Waals surface area (Å²) in [4.78, 5) is 28.3. The number of rotatable bonds is 7. The number of hydrogen-bond acceptors (Lipinski definition) is 4. The van der Waals surface area contributed by atoms with Crippen LogP contribution in [0.1, 0.15) is 40.4 Å². The number of hydrogen-bond donors (Lipinski definition) is 2. The Bertz CT molecular complexity index is 727. The summed E-state index contributed by atoms with van der Waals surface area (Å²) in [5.74, 6) is 0.212. The molecule has 0 saturated heterocycles. The van der Waals surface area contributed by atoms with E-state index in [-0.39, 0.29) is 29.2 Å². The first-order valence-corrected chi connectivity index (χ1v) is 8.18. The lowest BCUT2D eigenvalue weighted by atomic mass is 10.1. The summed E-state index contributed by atoms with van der Waals surface area (Å²) in [7, 11) is 1.62. The number of benzene rings is 1. The SMILES string of the molecule is COc1ccc(CCNC(=O)c2cccc(C(=O)NC(C)C)n2)cc1. The van der Waals surface area contributed by atoms with Gasteiger partial charge in [-0.1, -0.05) is 18.2 Å². The minimum absolute atomic E-state index is 0.0104. The van der Waals surface area contributed by atoms with Gasteiger partial charge in [-0.2, -0.15) is 0 Å². The molecule has 2 amide bonds. The molecule has 0 aliphatic carbocycles. The predicted octanol–water partition coefficient (Wildman–Crippen LogP) is 2.20. The van der Waals surface area contributed by atoms with Crippen molar-refractivity contribution in [1.82, 2.24) is 15.6 Å². The van der Waals surface area contributed by atoms with Crippen molar-refractivity contribution in [2.24, 2.45) is 0 Å². The van der Waals surface area contributed by atoms with Crippen LogP contribution in [0.15, 0.2) is 42.5 Å². The first kappa shape index (κ1) is 18.4. The van der Waals surface area contributed by atoms with Gasteiger partial charge in [-0.3, -0.25) is 9.59 Å². The van der Waals surface area contributed by atoms with E-state index in [4.69, 9.17) is 4.74 Å². The first-order chi connectivity index (χ1) is 12.0. The van der Waals surface area contributed by atoms with Crippen molar-refractivity contribution in [3.05, 3.63) is 59.4 Å². The van der Waals surface area contributed by atoms with Crippen molar-refractivity contribution in [3.63, 3.8) is 0 Å². The number of methoxy groups -OCH3 is 1. The van der Waals surface area contributed by atoms with Gasteiger partial charge in [0.1, 0.15) is 17.1 Å². The van der Waals surface area contributed by atoms with E-state index in [1.807, 2.05) is 38.1 Å². The highest BCUT2D eigenvalue weighted by Crippen LogP contribution is 2.11. The third-order valence-corrected chi connectivity index (χ3v) is 3.49. The Labute approximate surface area is 147 Å². The zero-order valence-corrected chi connectivity index (χ0v) is 14.7. The van der Waals surface area contributed by atoms with Gasteiger partial charge in [0, 0.05) is 12.6 Å². The van der Waals surface area contributed by atoms with Crippen LogP contribution < -0.4 is 15.4 Å². The quantitative estimate of drug-likeness (QED) is 0.809. The summed E-state index contributed by atoms with van der Waals surface area (Å²) in [6, 6.07) is 12.5. The Morgan fingerprint density at radius 1 is 1.04 bits per heavy atom. The maximum absolute atomic E-state index is 12.2. The molecule has 0 bridgehead atoms. The lowest BCUT2D eigenvalue weighted by molar-refractivity contribution is 0.0936. The molecule has 132 valence electrons. The summed E-state index contributed by atoms with van der Waals surface area (Å²) in [5.41, 5.74) is 1.56. The smallest absolute Gasteiger partial charge is 0.270 e. The van der Waals surface area contributed by atoms with E-state index >= 15 is 0 Å². The van der Waals surface area contributed by atoms with E-state index in [0.717, 1.165) is 11.3 Å². The van der Waals surface area contributed by atoms with Gasteiger partial charge in [-0.25, -0.2) is 4.98 Å². The topological polar surface area (TPSA) is 80.3 Å². The normalized spacial score (nSPS) is 10.4. The molecule has 0 aliphatic rings. The second-order valence-electron chi connectivity index (χ2n) is 5.89. The van der Waals surface area contributed by atoms with Crippen molar-refractivity contribution >= 4 is 11.8 Å². The molecular formula is C19H23N3O3. The molecule has 2 N–H and O–H groups in total. The van der Waals surface area contributed by atoms with E-state index < -0.39 is 0 Å². The molecule has 0 spiro atoms. The number of carbonyl (C=O) groups is 2. The second kappa shape index (κ2) is 8.82. The van der Waals surface area contributed by atoms with E-state index in [1.54, 1.807) is 25.3 Å². The Morgan fingerprint density at radius 2 is 1.68 bits per heavy atom. The van der Waals surface area contributed by atoms with Gasteiger partial charge < -0.3 is 15.4 Å². The van der Waals surface area contributed by atoms with Crippen LogP contribution in [0.2, 0.25) is 0 Å². The van der Waals surface area contributed by atoms with Crippen LogP contribution in [0.25, 0.3) is 0 Å². The fraction of sp³-hybridized carbons (Fsp3) is 0.316. The van der Waals surface area contributed by atoms with Gasteiger partial charge in [-0.15, -0.1) is 0 Å². The van der Waals surface area contributed by atoms with Gasteiger partial charge in [0.25, 0.3) is 11.8 Å². The molecule has 0 fully saturated rings. The number of ether oxygens (including phenoxy) is 1. The molecule has 0 saturated carbocycles. The van der Waals surface area contributed by atoms with Crippen LogP contribution in [0.3, 0.4) is 0 Å². The molecule has 1 aromatic heterocycles. The third-order valence-electron chi connectivity index (χ3n) is 3.49. The average Bonchev–Trinajstić information content (AvgIpc) is 2.61. The molecule has 0 atom stereocenters. The minimum Gasteiger partial charge on any atom is -0.497 e. The van der Waals surface area contributed by atoms with Gasteiger partial charge in [0.05, 0.1) is 7.11 Å². The highest BCUT2D eigenvalue weighted by molar-refractivity contribution is 5.96. The Hall–Kier alpha value is -2.89. The van der Waals surface area contributed by atoms with Crippen molar-refractivity contribution in [2.75, 3.05) is 13.7 Å². The minimum atomic E-state index is -0.298. The molecule has 6 heteroatoms. The largest absolute Gasteiger partial charge is 0.497 e. The lowest BCUT2D eigenvalue weighted by Gasteiger charge is -2.09. The molecule has 25 heavy (non-hydrogen) atoms. The van der Waals surface area contributed by atoms with E-state index in [9.17, 15) is 9.59 Å². The molecule has 0 aliphatic heterocycles. The molecule has 1 heterocycles. The summed E-state index contributed by atoms with van der Waals surface area (Å²) in [6.45, 7) is 4.22. The number of carbonyl (C=O) groups excluding carboxylic acids is 2. The van der Waals surface area contributed by atoms with Crippen molar-refractivity contribution in [2.45, 2.75) is 26.3 Å². The molecule has 6 nitrogen and oxygen atoms in total. The van der Waals surface area contributed by atoms with Gasteiger partial charge in [-0.05, 0) is 50.1 Å². The number of nitrogens with zero attached hydrogens (tertiary/aromatic N) is 1. The van der Waals surface area contributed by atoms with Crippen LogP contribution in [0.4, 0.5) is 0 Å². The summed E-state index contributed by atoms with van der Waals surface area (Å²) < 4.78 is 5.11. The fourth-order valence-corrected chi connectivity index (χ4v) is 2.23. The van der Waals surface area contributed by atoms with E-state index in [2.05, 4.69) is 15.6 Å². The summed E-state index contributed by atoms with van der Waals surface area (Å²) in [5, 5.41) is 5.57. The van der Waals surface area contributed by atoms with Crippen LogP contribution in [0.5, 0.6) is 5.75 Å². The molecule has 0 unspecified atom stereocenters. The Kier molecular flexibility index (Phi) is 6.51. The van der Waals surface area contributed by atoms with Crippen LogP contribution in [0, 0.1) is 0 Å². The fourth-order valence-electron chi connectivity index (χ4n) is 2.23. The number of aromatic nitrogens is 1. The molecule has 2 rings (SSSR count). The lowest BCUT2D eigenvalue weighted by Crippen LogP contribution is -2.32. The van der Waals surface area contributed by atoms with Crippen LogP contribution >= 0.6 is 0 Å². The second-order valence-corrected chi connectivity index (χ2v) is 5.89. The van der Waals surface area contributed by atoms with Crippen molar-refractivity contribution in [1.29, 1.82) is 0 Å². The Balaban J connectivity index is 1.90. The van der Waals surface area contributed by atoms with Gasteiger partial charge in [0.15, 0.2) is 0 Å². The molecule has 0 radical (unpaired) electrons. The number of amides is 2. The monoisotopic (exact) mass is 341 g/mol. The molecule has 1 aromatic carbocycles.